The molecule has 0 radical (unpaired) electrons. The van der Waals surface area contributed by atoms with Gasteiger partial charge in [0, 0.05) is 5.56 Å². The van der Waals surface area contributed by atoms with E-state index in [9.17, 15) is 30.4 Å². The Hall–Kier alpha value is -3.44. The molecule has 11 heteroatoms. The number of hydrogen-bond acceptors (Lipinski definition) is 5. The van der Waals surface area contributed by atoms with Crippen LogP contribution in [0, 0.1) is 52.3 Å². The van der Waals surface area contributed by atoms with E-state index in [4.69, 9.17) is 5.26 Å². The third-order valence-electron chi connectivity index (χ3n) is 2.85. The predicted molar refractivity (Wildman–Crippen MR) is 80.9 cm³/mol. The lowest BCUT2D eigenvalue weighted by Crippen LogP contribution is -2.14. The first-order valence-electron chi connectivity index (χ1n) is 6.69. The minimum Gasteiger partial charge on any atom is -0.263 e. The Labute approximate surface area is 149 Å². The van der Waals surface area contributed by atoms with E-state index >= 15 is 0 Å². The van der Waals surface area contributed by atoms with E-state index in [1.165, 1.54) is 6.07 Å². The molecule has 0 N–H and O–H groups in total. The number of oxime groups is 1. The molecule has 0 heterocycles. The van der Waals surface area contributed by atoms with Crippen molar-refractivity contribution in [2.75, 3.05) is 0 Å². The summed E-state index contributed by atoms with van der Waals surface area (Å²) in [5, 5.41) is 11.6. The van der Waals surface area contributed by atoms with Crippen LogP contribution in [-0.2, 0) is 14.4 Å². The van der Waals surface area contributed by atoms with Gasteiger partial charge in [0.25, 0.3) is 0 Å². The number of rotatable bonds is 3. The summed E-state index contributed by atoms with van der Waals surface area (Å²) in [5.74, 6) is -8.22. The highest BCUT2D eigenvalue weighted by Crippen LogP contribution is 2.27. The molecule has 0 amide bonds. The average molecular weight is 400 g/mol. The van der Waals surface area contributed by atoms with E-state index in [-0.39, 0.29) is 0 Å². The molecule has 0 atom stereocenters. The zero-order valence-corrected chi connectivity index (χ0v) is 13.6. The molecule has 138 valence electrons. The summed E-state index contributed by atoms with van der Waals surface area (Å²) in [6.45, 7) is 0. The minimum atomic E-state index is -5.57. The molecule has 0 spiro atoms. The summed E-state index contributed by atoms with van der Waals surface area (Å²) < 4.78 is 93.7. The zero-order chi connectivity index (χ0) is 20.2. The van der Waals surface area contributed by atoms with Crippen molar-refractivity contribution in [2.24, 2.45) is 5.16 Å². The highest BCUT2D eigenvalue weighted by atomic mass is 32.2. The molecular formula is C16H5F5N2O3S. The quantitative estimate of drug-likeness (QED) is 0.198. The highest BCUT2D eigenvalue weighted by Gasteiger charge is 2.35. The van der Waals surface area contributed by atoms with Crippen molar-refractivity contribution >= 4 is 15.8 Å². The first-order chi connectivity index (χ1) is 12.7. The van der Waals surface area contributed by atoms with Gasteiger partial charge in [-0.25, -0.2) is 22.0 Å². The maximum atomic E-state index is 13.6. The van der Waals surface area contributed by atoms with Crippen molar-refractivity contribution in [1.82, 2.24) is 0 Å². The molecule has 0 saturated carbocycles. The fourth-order valence-electron chi connectivity index (χ4n) is 1.65. The van der Waals surface area contributed by atoms with Crippen LogP contribution in [0.15, 0.2) is 40.4 Å². The van der Waals surface area contributed by atoms with Crippen LogP contribution in [0.2, 0.25) is 0 Å². The molecule has 2 aromatic carbocycles. The van der Waals surface area contributed by atoms with Gasteiger partial charge >= 0.3 is 10.1 Å². The second kappa shape index (κ2) is 7.85. The minimum absolute atomic E-state index is 0.420. The molecule has 0 bridgehead atoms. The summed E-state index contributed by atoms with van der Waals surface area (Å²) in [4.78, 5) is -2.24. The van der Waals surface area contributed by atoms with Gasteiger partial charge in [0.2, 0.25) is 11.5 Å². The molecule has 2 aromatic rings. The summed E-state index contributed by atoms with van der Waals surface area (Å²) in [5.41, 5.74) is -0.408. The van der Waals surface area contributed by atoms with E-state index in [1.807, 2.05) is 0 Å². The van der Waals surface area contributed by atoms with Crippen LogP contribution in [-0.4, -0.2) is 14.1 Å². The third kappa shape index (κ3) is 4.22. The van der Waals surface area contributed by atoms with Gasteiger partial charge in [-0.1, -0.05) is 24.1 Å². The summed E-state index contributed by atoms with van der Waals surface area (Å²) in [7, 11) is -5.57. The van der Waals surface area contributed by atoms with Crippen LogP contribution < -0.4 is 0 Å². The first kappa shape index (κ1) is 19.9. The van der Waals surface area contributed by atoms with Gasteiger partial charge in [0.15, 0.2) is 28.2 Å². The number of nitriles is 1. The molecular weight excluding hydrogens is 395 g/mol. The Bertz CT molecular complexity index is 1100. The molecule has 0 aliphatic heterocycles. The average Bonchev–Trinajstić information content (AvgIpc) is 2.65. The van der Waals surface area contributed by atoms with Crippen molar-refractivity contribution in [3.8, 4) is 17.9 Å². The van der Waals surface area contributed by atoms with Crippen LogP contribution in [0.5, 0.6) is 0 Å². The monoisotopic (exact) mass is 400 g/mol. The molecule has 0 aliphatic carbocycles. The van der Waals surface area contributed by atoms with Crippen molar-refractivity contribution < 1.29 is 34.7 Å². The number of benzene rings is 2. The molecule has 5 nitrogen and oxygen atoms in total. The Morgan fingerprint density at radius 3 is 1.96 bits per heavy atom. The molecule has 27 heavy (non-hydrogen) atoms. The number of halogens is 5. The molecule has 0 fully saturated rings. The zero-order valence-electron chi connectivity index (χ0n) is 12.8. The standard InChI is InChI=1S/C16H5F5N2O3S/c17-11-12(18)14(20)16(15(21)13(11)19)27(24,25)26-23-10(8-22)7-6-9-4-2-1-3-5-9/h1-5H/b23-10+. The fourth-order valence-corrected chi connectivity index (χ4v) is 2.52. The van der Waals surface area contributed by atoms with Crippen LogP contribution >= 0.6 is 0 Å². The maximum Gasteiger partial charge on any atom is 0.364 e. The Balaban J connectivity index is 2.41. The van der Waals surface area contributed by atoms with Gasteiger partial charge in [-0.15, -0.1) is 0 Å². The lowest BCUT2D eigenvalue weighted by atomic mass is 10.2. The SMILES string of the molecule is N#C/C(C#Cc1ccccc1)=N/OS(=O)(=O)c1c(F)c(F)c(F)c(F)c1F. The second-order valence-corrected chi connectivity index (χ2v) is 6.06. The Kier molecular flexibility index (Phi) is 5.78. The molecule has 2 rings (SSSR count). The van der Waals surface area contributed by atoms with Crippen LogP contribution in [0.3, 0.4) is 0 Å². The largest absolute Gasteiger partial charge is 0.364 e. The van der Waals surface area contributed by atoms with Crippen LogP contribution in [0.1, 0.15) is 5.56 Å². The number of hydrogen-bond donors (Lipinski definition) is 0. The molecule has 0 aromatic heterocycles. The van der Waals surface area contributed by atoms with E-state index in [0.717, 1.165) is 0 Å². The van der Waals surface area contributed by atoms with Crippen molar-refractivity contribution in [3.05, 3.63) is 65.0 Å². The summed E-state index contributed by atoms with van der Waals surface area (Å²) in [6, 6.07) is 9.38. The van der Waals surface area contributed by atoms with Gasteiger partial charge in [-0.2, -0.15) is 13.7 Å². The molecule has 0 saturated heterocycles. The van der Waals surface area contributed by atoms with Gasteiger partial charge in [-0.3, -0.25) is 4.28 Å². The highest BCUT2D eigenvalue weighted by molar-refractivity contribution is 7.86. The third-order valence-corrected chi connectivity index (χ3v) is 3.98. The van der Waals surface area contributed by atoms with Crippen LogP contribution in [0.4, 0.5) is 22.0 Å². The van der Waals surface area contributed by atoms with Crippen molar-refractivity contribution in [3.63, 3.8) is 0 Å². The summed E-state index contributed by atoms with van der Waals surface area (Å²) in [6.07, 6.45) is 0. The Morgan fingerprint density at radius 2 is 1.44 bits per heavy atom. The second-order valence-electron chi connectivity index (χ2n) is 4.60. The lowest BCUT2D eigenvalue weighted by Gasteiger charge is -2.06. The topological polar surface area (TPSA) is 79.5 Å². The normalized spacial score (nSPS) is 11.3. The van der Waals surface area contributed by atoms with Crippen molar-refractivity contribution in [2.45, 2.75) is 4.90 Å². The van der Waals surface area contributed by atoms with E-state index < -0.39 is 49.8 Å². The van der Waals surface area contributed by atoms with Gasteiger partial charge < -0.3 is 0 Å². The summed E-state index contributed by atoms with van der Waals surface area (Å²) >= 11 is 0. The van der Waals surface area contributed by atoms with Crippen molar-refractivity contribution in [1.29, 1.82) is 5.26 Å². The van der Waals surface area contributed by atoms with E-state index in [0.29, 0.717) is 5.56 Å². The lowest BCUT2D eigenvalue weighted by molar-refractivity contribution is 0.318. The number of nitrogens with zero attached hydrogens (tertiary/aromatic N) is 2. The first-order valence-corrected chi connectivity index (χ1v) is 8.10. The fraction of sp³-hybridized carbons (Fsp3) is 0. The maximum absolute atomic E-state index is 13.6. The van der Waals surface area contributed by atoms with Gasteiger partial charge in [0.05, 0.1) is 0 Å². The van der Waals surface area contributed by atoms with E-state index in [1.54, 1.807) is 30.3 Å². The van der Waals surface area contributed by atoms with Crippen LogP contribution in [0.25, 0.3) is 0 Å². The Morgan fingerprint density at radius 1 is 0.926 bits per heavy atom. The van der Waals surface area contributed by atoms with E-state index in [2.05, 4.69) is 21.3 Å². The molecule has 0 unspecified atom stereocenters. The molecule has 0 aliphatic rings. The van der Waals surface area contributed by atoms with Gasteiger partial charge in [0.1, 0.15) is 6.07 Å². The van der Waals surface area contributed by atoms with Gasteiger partial charge in [-0.05, 0) is 23.2 Å². The predicted octanol–water partition coefficient (Wildman–Crippen LogP) is 3.02. The smallest absolute Gasteiger partial charge is 0.263 e.